The van der Waals surface area contributed by atoms with E-state index in [1.807, 2.05) is 31.2 Å². The molecule has 0 aliphatic carbocycles. The Kier molecular flexibility index (Phi) is 6.19. The first-order valence-corrected chi connectivity index (χ1v) is 7.59. The average Bonchev–Trinajstić information content (AvgIpc) is 2.59. The van der Waals surface area contributed by atoms with Crippen molar-refractivity contribution in [1.82, 2.24) is 5.32 Å². The molecule has 6 heteroatoms. The molecule has 0 radical (unpaired) electrons. The molecular weight excluding hydrogens is 308 g/mol. The number of carbonyl (C=O) groups excluding carboxylic acids is 2. The Morgan fingerprint density at radius 2 is 1.79 bits per heavy atom. The normalized spacial score (nSPS) is 10.0. The van der Waals surface area contributed by atoms with Crippen molar-refractivity contribution in [3.63, 3.8) is 0 Å². The molecule has 24 heavy (non-hydrogen) atoms. The first kappa shape index (κ1) is 17.3. The molecule has 0 fully saturated rings. The van der Waals surface area contributed by atoms with E-state index in [0.717, 1.165) is 11.3 Å². The molecule has 2 aromatic carbocycles. The van der Waals surface area contributed by atoms with Gasteiger partial charge in [-0.05, 0) is 48.9 Å². The summed E-state index contributed by atoms with van der Waals surface area (Å²) >= 11 is 0. The van der Waals surface area contributed by atoms with Crippen molar-refractivity contribution in [1.29, 1.82) is 0 Å². The van der Waals surface area contributed by atoms with Crippen LogP contribution in [-0.2, 0) is 11.3 Å². The van der Waals surface area contributed by atoms with Crippen LogP contribution in [0.15, 0.2) is 48.5 Å². The third-order valence-corrected chi connectivity index (χ3v) is 3.16. The summed E-state index contributed by atoms with van der Waals surface area (Å²) in [6, 6.07) is 14.1. The van der Waals surface area contributed by atoms with Gasteiger partial charge in [-0.15, -0.1) is 0 Å². The maximum atomic E-state index is 12.1. The molecule has 2 aromatic rings. The zero-order chi connectivity index (χ0) is 17.4. The number of hydrogen-bond acceptors (Lipinski definition) is 4. The van der Waals surface area contributed by atoms with Crippen molar-refractivity contribution in [2.24, 2.45) is 5.73 Å². The fraction of sp³-hybridized carbons (Fsp3) is 0.222. The van der Waals surface area contributed by atoms with Gasteiger partial charge >= 0.3 is 0 Å². The monoisotopic (exact) mass is 328 g/mol. The standard InChI is InChI=1S/C18H20N2O4/c1-2-23-16-5-3-4-13(10-16)11-20-18(22)14-6-8-15(9-7-14)24-12-17(19)21/h3-10H,2,11-12H2,1H3,(H2,19,21)(H,20,22). The highest BCUT2D eigenvalue weighted by molar-refractivity contribution is 5.94. The highest BCUT2D eigenvalue weighted by Crippen LogP contribution is 2.14. The maximum Gasteiger partial charge on any atom is 0.255 e. The second-order valence-electron chi connectivity index (χ2n) is 5.04. The zero-order valence-corrected chi connectivity index (χ0v) is 13.5. The van der Waals surface area contributed by atoms with E-state index in [2.05, 4.69) is 5.32 Å². The largest absolute Gasteiger partial charge is 0.494 e. The van der Waals surface area contributed by atoms with Crippen LogP contribution in [-0.4, -0.2) is 25.0 Å². The maximum absolute atomic E-state index is 12.1. The molecule has 6 nitrogen and oxygen atoms in total. The third-order valence-electron chi connectivity index (χ3n) is 3.16. The molecule has 0 unspecified atom stereocenters. The van der Waals surface area contributed by atoms with E-state index in [-0.39, 0.29) is 12.5 Å². The molecule has 126 valence electrons. The second kappa shape index (κ2) is 8.57. The van der Waals surface area contributed by atoms with Crippen LogP contribution in [0, 0.1) is 0 Å². The van der Waals surface area contributed by atoms with Gasteiger partial charge in [0.25, 0.3) is 11.8 Å². The molecule has 0 bridgehead atoms. The summed E-state index contributed by atoms with van der Waals surface area (Å²) in [6.45, 7) is 2.73. The Morgan fingerprint density at radius 3 is 2.46 bits per heavy atom. The number of hydrogen-bond donors (Lipinski definition) is 2. The van der Waals surface area contributed by atoms with Crippen molar-refractivity contribution in [3.05, 3.63) is 59.7 Å². The molecule has 0 heterocycles. The quantitative estimate of drug-likeness (QED) is 0.774. The van der Waals surface area contributed by atoms with Crippen LogP contribution in [0.1, 0.15) is 22.8 Å². The van der Waals surface area contributed by atoms with Gasteiger partial charge in [0.2, 0.25) is 0 Å². The summed E-state index contributed by atoms with van der Waals surface area (Å²) in [4.78, 5) is 22.8. The number of rotatable bonds is 8. The average molecular weight is 328 g/mol. The number of primary amides is 1. The number of nitrogens with one attached hydrogen (secondary N) is 1. The lowest BCUT2D eigenvalue weighted by Crippen LogP contribution is -2.23. The van der Waals surface area contributed by atoms with Gasteiger partial charge in [0.05, 0.1) is 6.61 Å². The van der Waals surface area contributed by atoms with Gasteiger partial charge in [-0.2, -0.15) is 0 Å². The Balaban J connectivity index is 1.90. The van der Waals surface area contributed by atoms with Gasteiger partial charge in [0.1, 0.15) is 11.5 Å². The van der Waals surface area contributed by atoms with Crippen LogP contribution in [0.25, 0.3) is 0 Å². The predicted octanol–water partition coefficient (Wildman–Crippen LogP) is 1.88. The van der Waals surface area contributed by atoms with Crippen LogP contribution < -0.4 is 20.5 Å². The van der Waals surface area contributed by atoms with Crippen molar-refractivity contribution < 1.29 is 19.1 Å². The molecule has 0 aliphatic heterocycles. The molecular formula is C18H20N2O4. The summed E-state index contributed by atoms with van der Waals surface area (Å²) in [6.07, 6.45) is 0. The van der Waals surface area contributed by atoms with E-state index in [0.29, 0.717) is 24.5 Å². The lowest BCUT2D eigenvalue weighted by molar-refractivity contribution is -0.119. The zero-order valence-electron chi connectivity index (χ0n) is 13.5. The number of amides is 2. The first-order chi connectivity index (χ1) is 11.6. The number of benzene rings is 2. The van der Waals surface area contributed by atoms with Crippen molar-refractivity contribution >= 4 is 11.8 Å². The Morgan fingerprint density at radius 1 is 1.04 bits per heavy atom. The lowest BCUT2D eigenvalue weighted by atomic mass is 10.2. The van der Waals surface area contributed by atoms with Gasteiger partial charge < -0.3 is 20.5 Å². The summed E-state index contributed by atoms with van der Waals surface area (Å²) in [7, 11) is 0. The van der Waals surface area contributed by atoms with Crippen LogP contribution in [0.5, 0.6) is 11.5 Å². The molecule has 3 N–H and O–H groups in total. The van der Waals surface area contributed by atoms with Gasteiger partial charge in [-0.3, -0.25) is 9.59 Å². The minimum absolute atomic E-state index is 0.193. The molecule has 0 saturated heterocycles. The number of nitrogens with two attached hydrogens (primary N) is 1. The van der Waals surface area contributed by atoms with Crippen molar-refractivity contribution in [2.75, 3.05) is 13.2 Å². The highest BCUT2D eigenvalue weighted by Gasteiger charge is 2.06. The predicted molar refractivity (Wildman–Crippen MR) is 89.9 cm³/mol. The van der Waals surface area contributed by atoms with E-state index < -0.39 is 5.91 Å². The molecule has 0 aliphatic rings. The third kappa shape index (κ3) is 5.31. The Bertz CT molecular complexity index is 698. The lowest BCUT2D eigenvalue weighted by Gasteiger charge is -2.09. The SMILES string of the molecule is CCOc1cccc(CNC(=O)c2ccc(OCC(N)=O)cc2)c1. The van der Waals surface area contributed by atoms with Gasteiger partial charge in [-0.25, -0.2) is 0 Å². The van der Waals surface area contributed by atoms with Gasteiger partial charge in [0, 0.05) is 12.1 Å². The topological polar surface area (TPSA) is 90.7 Å². The summed E-state index contributed by atoms with van der Waals surface area (Å²) < 4.78 is 10.6. The minimum atomic E-state index is -0.550. The molecule has 2 rings (SSSR count). The molecule has 0 spiro atoms. The molecule has 0 atom stereocenters. The van der Waals surface area contributed by atoms with Crippen molar-refractivity contribution in [2.45, 2.75) is 13.5 Å². The van der Waals surface area contributed by atoms with Gasteiger partial charge in [0.15, 0.2) is 6.61 Å². The van der Waals surface area contributed by atoms with E-state index in [9.17, 15) is 9.59 Å². The summed E-state index contributed by atoms with van der Waals surface area (Å²) in [5.41, 5.74) is 6.46. The highest BCUT2D eigenvalue weighted by atomic mass is 16.5. The van der Waals surface area contributed by atoms with E-state index in [1.54, 1.807) is 24.3 Å². The molecule has 0 saturated carbocycles. The first-order valence-electron chi connectivity index (χ1n) is 7.59. The minimum Gasteiger partial charge on any atom is -0.494 e. The van der Waals surface area contributed by atoms with Crippen LogP contribution in [0.2, 0.25) is 0 Å². The molecule has 0 aromatic heterocycles. The molecule has 2 amide bonds. The summed E-state index contributed by atoms with van der Waals surface area (Å²) in [5.74, 6) is 0.513. The van der Waals surface area contributed by atoms with E-state index in [4.69, 9.17) is 15.2 Å². The second-order valence-corrected chi connectivity index (χ2v) is 5.04. The summed E-state index contributed by atoms with van der Waals surface area (Å²) in [5, 5.41) is 2.84. The fourth-order valence-corrected chi connectivity index (χ4v) is 2.05. The van der Waals surface area contributed by atoms with Gasteiger partial charge in [-0.1, -0.05) is 12.1 Å². The van der Waals surface area contributed by atoms with Crippen LogP contribution in [0.4, 0.5) is 0 Å². The van der Waals surface area contributed by atoms with Crippen LogP contribution in [0.3, 0.4) is 0 Å². The fourth-order valence-electron chi connectivity index (χ4n) is 2.05. The van der Waals surface area contributed by atoms with Crippen molar-refractivity contribution in [3.8, 4) is 11.5 Å². The number of ether oxygens (including phenoxy) is 2. The Hall–Kier alpha value is -3.02. The van der Waals surface area contributed by atoms with E-state index in [1.165, 1.54) is 0 Å². The Labute approximate surface area is 140 Å². The smallest absolute Gasteiger partial charge is 0.255 e. The van der Waals surface area contributed by atoms with Crippen LogP contribution >= 0.6 is 0 Å². The number of carbonyl (C=O) groups is 2. The van der Waals surface area contributed by atoms with E-state index >= 15 is 0 Å².